The Morgan fingerprint density at radius 2 is 1.92 bits per heavy atom. The molecule has 2 aromatic rings. The lowest BCUT2D eigenvalue weighted by Gasteiger charge is -2.11. The molecule has 0 atom stereocenters. The number of para-hydroxylation sites is 1. The summed E-state index contributed by atoms with van der Waals surface area (Å²) in [5.41, 5.74) is 1.85. The third kappa shape index (κ3) is 4.58. The van der Waals surface area contributed by atoms with E-state index < -0.39 is 5.97 Å². The highest BCUT2D eigenvalue weighted by atomic mass is 79.9. The maximum absolute atomic E-state index is 12.1. The monoisotopic (exact) mass is 391 g/mol. The van der Waals surface area contributed by atoms with Gasteiger partial charge < -0.3 is 14.8 Å². The van der Waals surface area contributed by atoms with Crippen molar-refractivity contribution >= 4 is 33.5 Å². The molecule has 6 heteroatoms. The Hall–Kier alpha value is -2.34. The van der Waals surface area contributed by atoms with Crippen LogP contribution >= 0.6 is 15.9 Å². The summed E-state index contributed by atoms with van der Waals surface area (Å²) in [4.78, 5) is 23.8. The van der Waals surface area contributed by atoms with E-state index in [2.05, 4.69) is 28.2 Å². The van der Waals surface area contributed by atoms with Gasteiger partial charge in [-0.3, -0.25) is 4.79 Å². The summed E-state index contributed by atoms with van der Waals surface area (Å²) in [5.74, 6) is -0.286. The Balaban J connectivity index is 2.01. The number of benzene rings is 2. The Bertz CT molecular complexity index is 746. The van der Waals surface area contributed by atoms with Crippen molar-refractivity contribution in [1.82, 2.24) is 0 Å². The molecule has 0 heterocycles. The van der Waals surface area contributed by atoms with Gasteiger partial charge in [0, 0.05) is 0 Å². The van der Waals surface area contributed by atoms with Gasteiger partial charge in [-0.05, 0) is 52.2 Å². The molecule has 5 nitrogen and oxygen atoms in total. The van der Waals surface area contributed by atoms with E-state index >= 15 is 0 Å². The number of hydrogen-bond acceptors (Lipinski definition) is 4. The number of carbonyl (C=O) groups excluding carboxylic acids is 2. The van der Waals surface area contributed by atoms with Crippen LogP contribution in [0.1, 0.15) is 22.8 Å². The first kappa shape index (κ1) is 18.0. The van der Waals surface area contributed by atoms with Crippen LogP contribution in [-0.4, -0.2) is 25.6 Å². The van der Waals surface area contributed by atoms with Crippen molar-refractivity contribution < 1.29 is 19.1 Å². The molecule has 2 aromatic carbocycles. The van der Waals surface area contributed by atoms with E-state index in [0.29, 0.717) is 17.0 Å². The van der Waals surface area contributed by atoms with Crippen LogP contribution in [0.4, 0.5) is 5.69 Å². The lowest BCUT2D eigenvalue weighted by molar-refractivity contribution is -0.118. The van der Waals surface area contributed by atoms with E-state index in [4.69, 9.17) is 9.47 Å². The van der Waals surface area contributed by atoms with Crippen LogP contribution in [0.2, 0.25) is 0 Å². The summed E-state index contributed by atoms with van der Waals surface area (Å²) >= 11 is 3.43. The maximum Gasteiger partial charge on any atom is 0.339 e. The Morgan fingerprint density at radius 3 is 2.58 bits per heavy atom. The number of anilines is 1. The highest BCUT2D eigenvalue weighted by Crippen LogP contribution is 2.26. The van der Waals surface area contributed by atoms with E-state index in [1.807, 2.05) is 18.2 Å². The smallest absolute Gasteiger partial charge is 0.339 e. The predicted octanol–water partition coefficient (Wildman–Crippen LogP) is 3.82. The predicted molar refractivity (Wildman–Crippen MR) is 95.4 cm³/mol. The van der Waals surface area contributed by atoms with Gasteiger partial charge >= 0.3 is 5.97 Å². The minimum atomic E-state index is -0.510. The Labute approximate surface area is 149 Å². The number of methoxy groups -OCH3 is 1. The molecule has 0 unspecified atom stereocenters. The molecule has 0 aliphatic heterocycles. The molecule has 0 aliphatic rings. The van der Waals surface area contributed by atoms with Gasteiger partial charge in [-0.25, -0.2) is 4.79 Å². The summed E-state index contributed by atoms with van der Waals surface area (Å²) in [6.45, 7) is 1.90. The van der Waals surface area contributed by atoms with E-state index in [1.165, 1.54) is 12.7 Å². The molecule has 0 spiro atoms. The number of esters is 1. The average Bonchev–Trinajstić information content (AvgIpc) is 2.60. The fourth-order valence-corrected chi connectivity index (χ4v) is 2.63. The van der Waals surface area contributed by atoms with E-state index in [9.17, 15) is 9.59 Å². The topological polar surface area (TPSA) is 64.6 Å². The number of nitrogens with one attached hydrogen (secondary N) is 1. The molecule has 0 fully saturated rings. The SMILES string of the molecule is CCc1ccc(OCC(=O)Nc2ccccc2C(=O)OC)c(Br)c1. The Kier molecular flexibility index (Phi) is 6.37. The lowest BCUT2D eigenvalue weighted by atomic mass is 10.2. The van der Waals surface area contributed by atoms with Crippen LogP contribution in [0.5, 0.6) is 5.75 Å². The molecule has 0 bridgehead atoms. The van der Waals surface area contributed by atoms with Crippen molar-refractivity contribution in [2.75, 3.05) is 19.0 Å². The fourth-order valence-electron chi connectivity index (χ4n) is 2.09. The lowest BCUT2D eigenvalue weighted by Crippen LogP contribution is -2.21. The van der Waals surface area contributed by atoms with E-state index in [1.54, 1.807) is 24.3 Å². The van der Waals surface area contributed by atoms with Gasteiger partial charge in [0.25, 0.3) is 5.91 Å². The van der Waals surface area contributed by atoms with Gasteiger partial charge in [0.1, 0.15) is 5.75 Å². The molecular weight excluding hydrogens is 374 g/mol. The minimum absolute atomic E-state index is 0.167. The zero-order valence-electron chi connectivity index (χ0n) is 13.5. The van der Waals surface area contributed by atoms with Crippen molar-refractivity contribution in [2.45, 2.75) is 13.3 Å². The first-order valence-electron chi connectivity index (χ1n) is 7.43. The number of hydrogen-bond donors (Lipinski definition) is 1. The number of amides is 1. The van der Waals surface area contributed by atoms with Crippen LogP contribution in [0.15, 0.2) is 46.9 Å². The normalized spacial score (nSPS) is 10.1. The van der Waals surface area contributed by atoms with Gasteiger partial charge in [-0.1, -0.05) is 25.1 Å². The number of halogens is 1. The molecule has 0 radical (unpaired) electrons. The molecule has 0 saturated carbocycles. The quantitative estimate of drug-likeness (QED) is 0.760. The summed E-state index contributed by atoms with van der Waals surface area (Å²) in [6.07, 6.45) is 0.920. The molecule has 126 valence electrons. The van der Waals surface area contributed by atoms with Crippen molar-refractivity contribution in [1.29, 1.82) is 0 Å². The summed E-state index contributed by atoms with van der Waals surface area (Å²) in [5, 5.41) is 2.66. The van der Waals surface area contributed by atoms with Gasteiger partial charge in [-0.2, -0.15) is 0 Å². The van der Waals surface area contributed by atoms with E-state index in [0.717, 1.165) is 10.9 Å². The molecular formula is C18H18BrNO4. The second-order valence-electron chi connectivity index (χ2n) is 4.99. The largest absolute Gasteiger partial charge is 0.483 e. The molecule has 0 aliphatic carbocycles. The van der Waals surface area contributed by atoms with Gasteiger partial charge in [0.2, 0.25) is 0 Å². The second-order valence-corrected chi connectivity index (χ2v) is 5.85. The first-order valence-corrected chi connectivity index (χ1v) is 8.22. The van der Waals surface area contributed by atoms with Crippen LogP contribution in [0.3, 0.4) is 0 Å². The van der Waals surface area contributed by atoms with Crippen LogP contribution in [0.25, 0.3) is 0 Å². The number of ether oxygens (including phenoxy) is 2. The minimum Gasteiger partial charge on any atom is -0.483 e. The molecule has 1 N–H and O–H groups in total. The first-order chi connectivity index (χ1) is 11.5. The average molecular weight is 392 g/mol. The van der Waals surface area contributed by atoms with Crippen LogP contribution in [0, 0.1) is 0 Å². The molecule has 24 heavy (non-hydrogen) atoms. The van der Waals surface area contributed by atoms with Crippen molar-refractivity contribution in [3.05, 3.63) is 58.1 Å². The third-order valence-corrected chi connectivity index (χ3v) is 3.99. The summed E-state index contributed by atoms with van der Waals surface area (Å²) in [7, 11) is 1.29. The molecule has 0 aromatic heterocycles. The van der Waals surface area contributed by atoms with Gasteiger partial charge in [0.05, 0.1) is 22.8 Å². The van der Waals surface area contributed by atoms with Crippen LogP contribution < -0.4 is 10.1 Å². The second kappa shape index (κ2) is 8.49. The molecule has 2 rings (SSSR count). The van der Waals surface area contributed by atoms with Gasteiger partial charge in [0.15, 0.2) is 6.61 Å². The van der Waals surface area contributed by atoms with E-state index in [-0.39, 0.29) is 12.5 Å². The summed E-state index contributed by atoms with van der Waals surface area (Å²) in [6, 6.07) is 12.4. The molecule has 0 saturated heterocycles. The number of carbonyl (C=O) groups is 2. The maximum atomic E-state index is 12.1. The summed E-state index contributed by atoms with van der Waals surface area (Å²) < 4.78 is 11.0. The van der Waals surface area contributed by atoms with Crippen molar-refractivity contribution in [3.8, 4) is 5.75 Å². The number of rotatable bonds is 6. The Morgan fingerprint density at radius 1 is 1.17 bits per heavy atom. The zero-order chi connectivity index (χ0) is 17.5. The number of aryl methyl sites for hydroxylation is 1. The van der Waals surface area contributed by atoms with Crippen molar-refractivity contribution in [2.24, 2.45) is 0 Å². The van der Waals surface area contributed by atoms with Gasteiger partial charge in [-0.15, -0.1) is 0 Å². The van der Waals surface area contributed by atoms with Crippen molar-refractivity contribution in [3.63, 3.8) is 0 Å². The van der Waals surface area contributed by atoms with Crippen LogP contribution in [-0.2, 0) is 16.0 Å². The zero-order valence-corrected chi connectivity index (χ0v) is 15.1. The standard InChI is InChI=1S/C18H18BrNO4/c1-3-12-8-9-16(14(19)10-12)24-11-17(21)20-15-7-5-4-6-13(15)18(22)23-2/h4-10H,3,11H2,1-2H3,(H,20,21). The highest BCUT2D eigenvalue weighted by molar-refractivity contribution is 9.10. The highest BCUT2D eigenvalue weighted by Gasteiger charge is 2.14. The third-order valence-electron chi connectivity index (χ3n) is 3.37. The fraction of sp³-hybridized carbons (Fsp3) is 0.222. The molecule has 1 amide bonds.